The van der Waals surface area contributed by atoms with E-state index >= 15 is 0 Å². The Kier molecular flexibility index (Phi) is 6.50. The minimum atomic E-state index is -0.873. The first-order valence-corrected chi connectivity index (χ1v) is 8.01. The van der Waals surface area contributed by atoms with Gasteiger partial charge in [0.1, 0.15) is 11.3 Å². The minimum Gasteiger partial charge on any atom is -0.479 e. The van der Waals surface area contributed by atoms with Crippen LogP contribution in [0.1, 0.15) is 48.0 Å². The molecule has 1 amide bonds. The molecule has 0 aliphatic carbocycles. The van der Waals surface area contributed by atoms with Gasteiger partial charge in [-0.3, -0.25) is 4.90 Å². The molecule has 1 atom stereocenters. The molecule has 0 aromatic carbocycles. The zero-order chi connectivity index (χ0) is 17.8. The SMILES string of the molecule is CCC=C1/C(=C(/O)OCC(C)C)N(C(=O)OC(C)(C)C)C[C@@H]1O. The van der Waals surface area contributed by atoms with Crippen LogP contribution in [0.4, 0.5) is 4.79 Å². The second-order valence-electron chi connectivity index (χ2n) is 7.03. The number of allylic oxidation sites excluding steroid dienone is 1. The summed E-state index contributed by atoms with van der Waals surface area (Å²) in [4.78, 5) is 13.6. The van der Waals surface area contributed by atoms with Gasteiger partial charge < -0.3 is 19.7 Å². The van der Waals surface area contributed by atoms with Gasteiger partial charge in [0.05, 0.1) is 19.3 Å². The Bertz CT molecular complexity index is 488. The highest BCUT2D eigenvalue weighted by molar-refractivity contribution is 5.73. The van der Waals surface area contributed by atoms with Crippen molar-refractivity contribution in [2.24, 2.45) is 5.92 Å². The van der Waals surface area contributed by atoms with Crippen molar-refractivity contribution in [3.05, 3.63) is 23.3 Å². The fraction of sp³-hybridized carbons (Fsp3) is 0.706. The third kappa shape index (κ3) is 5.46. The largest absolute Gasteiger partial charge is 0.479 e. The smallest absolute Gasteiger partial charge is 0.415 e. The summed E-state index contributed by atoms with van der Waals surface area (Å²) in [6.07, 6.45) is 0.947. The van der Waals surface area contributed by atoms with Crippen LogP contribution in [-0.4, -0.2) is 46.1 Å². The molecule has 6 heteroatoms. The average Bonchev–Trinajstić information content (AvgIpc) is 2.72. The van der Waals surface area contributed by atoms with Crippen LogP contribution in [0.3, 0.4) is 0 Å². The zero-order valence-corrected chi connectivity index (χ0v) is 14.9. The Morgan fingerprint density at radius 3 is 2.52 bits per heavy atom. The molecular weight excluding hydrogens is 298 g/mol. The van der Waals surface area contributed by atoms with Crippen LogP contribution in [0, 0.1) is 5.92 Å². The standard InChI is InChI=1S/C17H29NO5/c1-7-8-12-13(19)9-18(16(21)23-17(4,5)6)14(12)15(20)22-10-11(2)3/h8,11,13,19-20H,7,9-10H2,1-6H3/b12-8?,15-14+/t13-/m0/s1. The molecule has 2 N–H and O–H groups in total. The van der Waals surface area contributed by atoms with Crippen LogP contribution in [-0.2, 0) is 9.47 Å². The van der Waals surface area contributed by atoms with Gasteiger partial charge in [0.15, 0.2) is 0 Å². The highest BCUT2D eigenvalue weighted by Gasteiger charge is 2.39. The molecule has 23 heavy (non-hydrogen) atoms. The predicted molar refractivity (Wildman–Crippen MR) is 87.8 cm³/mol. The average molecular weight is 327 g/mol. The summed E-state index contributed by atoms with van der Waals surface area (Å²) in [6, 6.07) is 0. The van der Waals surface area contributed by atoms with Crippen LogP contribution in [0.25, 0.3) is 0 Å². The molecule has 1 fully saturated rings. The third-order valence-electron chi connectivity index (χ3n) is 3.05. The van der Waals surface area contributed by atoms with E-state index in [2.05, 4.69) is 0 Å². The number of aliphatic hydroxyl groups is 2. The van der Waals surface area contributed by atoms with Crippen LogP contribution < -0.4 is 0 Å². The number of likely N-dealkylation sites (tertiary alicyclic amines) is 1. The summed E-state index contributed by atoms with van der Waals surface area (Å²) >= 11 is 0. The van der Waals surface area contributed by atoms with Crippen molar-refractivity contribution in [2.75, 3.05) is 13.2 Å². The number of nitrogens with zero attached hydrogens (tertiary/aromatic N) is 1. The molecule has 0 spiro atoms. The Balaban J connectivity index is 3.15. The van der Waals surface area contributed by atoms with Crippen LogP contribution in [0.5, 0.6) is 0 Å². The maximum absolute atomic E-state index is 12.4. The molecule has 0 unspecified atom stereocenters. The number of carbonyl (C=O) groups is 1. The highest BCUT2D eigenvalue weighted by atomic mass is 16.6. The summed E-state index contributed by atoms with van der Waals surface area (Å²) in [5, 5.41) is 20.5. The monoisotopic (exact) mass is 327 g/mol. The molecule has 1 aliphatic heterocycles. The Morgan fingerprint density at radius 2 is 2.04 bits per heavy atom. The van der Waals surface area contributed by atoms with Gasteiger partial charge in [0, 0.05) is 5.57 Å². The predicted octanol–water partition coefficient (Wildman–Crippen LogP) is 3.33. The van der Waals surface area contributed by atoms with Crippen LogP contribution in [0.2, 0.25) is 0 Å². The second kappa shape index (κ2) is 7.73. The number of ether oxygens (including phenoxy) is 2. The molecule has 0 saturated carbocycles. The number of amides is 1. The van der Waals surface area contributed by atoms with Crippen molar-refractivity contribution in [1.29, 1.82) is 0 Å². The lowest BCUT2D eigenvalue weighted by atomic mass is 10.1. The quantitative estimate of drug-likeness (QED) is 0.774. The molecule has 1 heterocycles. The molecule has 1 saturated heterocycles. The zero-order valence-electron chi connectivity index (χ0n) is 14.9. The number of aliphatic hydroxyl groups excluding tert-OH is 2. The van der Waals surface area contributed by atoms with E-state index in [0.717, 1.165) is 0 Å². The Hall–Kier alpha value is -1.69. The fourth-order valence-corrected chi connectivity index (χ4v) is 2.16. The molecular formula is C17H29NO5. The summed E-state index contributed by atoms with van der Waals surface area (Å²) in [6.45, 7) is 11.5. The molecule has 0 radical (unpaired) electrons. The van der Waals surface area contributed by atoms with Crippen molar-refractivity contribution in [3.63, 3.8) is 0 Å². The topological polar surface area (TPSA) is 79.2 Å². The molecule has 132 valence electrons. The summed E-state index contributed by atoms with van der Waals surface area (Å²) < 4.78 is 10.7. The lowest BCUT2D eigenvalue weighted by molar-refractivity contribution is 0.0249. The maximum atomic E-state index is 12.4. The second-order valence-corrected chi connectivity index (χ2v) is 7.03. The van der Waals surface area contributed by atoms with Crippen molar-refractivity contribution in [2.45, 2.75) is 59.7 Å². The molecule has 0 aromatic rings. The Morgan fingerprint density at radius 1 is 1.43 bits per heavy atom. The normalized spacial score (nSPS) is 22.7. The van der Waals surface area contributed by atoms with E-state index in [-0.39, 0.29) is 24.1 Å². The van der Waals surface area contributed by atoms with E-state index in [9.17, 15) is 15.0 Å². The van der Waals surface area contributed by atoms with Crippen molar-refractivity contribution in [3.8, 4) is 0 Å². The summed E-state index contributed by atoms with van der Waals surface area (Å²) in [5.74, 6) is -0.140. The molecule has 1 rings (SSSR count). The first kappa shape index (κ1) is 19.4. The first-order chi connectivity index (χ1) is 10.6. The number of hydrogen-bond donors (Lipinski definition) is 2. The lowest BCUT2D eigenvalue weighted by Crippen LogP contribution is -2.35. The molecule has 0 bridgehead atoms. The highest BCUT2D eigenvalue weighted by Crippen LogP contribution is 2.32. The van der Waals surface area contributed by atoms with Gasteiger partial charge in [0.25, 0.3) is 0 Å². The van der Waals surface area contributed by atoms with E-state index in [0.29, 0.717) is 18.6 Å². The van der Waals surface area contributed by atoms with Gasteiger partial charge >= 0.3 is 12.0 Å². The fourth-order valence-electron chi connectivity index (χ4n) is 2.16. The molecule has 6 nitrogen and oxygen atoms in total. The summed E-state index contributed by atoms with van der Waals surface area (Å²) in [5.41, 5.74) is 0.00700. The van der Waals surface area contributed by atoms with E-state index in [1.165, 1.54) is 4.90 Å². The minimum absolute atomic E-state index is 0.0329. The van der Waals surface area contributed by atoms with Gasteiger partial charge in [-0.25, -0.2) is 4.79 Å². The number of carbonyl (C=O) groups excluding carboxylic acids is 1. The van der Waals surface area contributed by atoms with Gasteiger partial charge in [-0.2, -0.15) is 0 Å². The lowest BCUT2D eigenvalue weighted by Gasteiger charge is -2.25. The number of hydrogen-bond acceptors (Lipinski definition) is 5. The van der Waals surface area contributed by atoms with Crippen molar-refractivity contribution >= 4 is 6.09 Å². The van der Waals surface area contributed by atoms with E-state index in [1.54, 1.807) is 26.8 Å². The molecule has 1 aliphatic rings. The van der Waals surface area contributed by atoms with Crippen LogP contribution in [0.15, 0.2) is 23.3 Å². The van der Waals surface area contributed by atoms with E-state index in [4.69, 9.17) is 9.47 Å². The first-order valence-electron chi connectivity index (χ1n) is 8.01. The van der Waals surface area contributed by atoms with Gasteiger partial charge in [-0.05, 0) is 33.1 Å². The third-order valence-corrected chi connectivity index (χ3v) is 3.05. The van der Waals surface area contributed by atoms with E-state index in [1.807, 2.05) is 20.8 Å². The Labute approximate surface area is 138 Å². The van der Waals surface area contributed by atoms with Crippen molar-refractivity contribution < 1.29 is 24.5 Å². The van der Waals surface area contributed by atoms with Gasteiger partial charge in [-0.15, -0.1) is 0 Å². The van der Waals surface area contributed by atoms with Crippen molar-refractivity contribution in [1.82, 2.24) is 4.90 Å². The number of rotatable bonds is 4. The maximum Gasteiger partial charge on any atom is 0.415 e. The van der Waals surface area contributed by atoms with E-state index < -0.39 is 17.8 Å². The van der Waals surface area contributed by atoms with Gasteiger partial charge in [0.2, 0.25) is 0 Å². The van der Waals surface area contributed by atoms with Crippen LogP contribution >= 0.6 is 0 Å². The summed E-state index contributed by atoms with van der Waals surface area (Å²) in [7, 11) is 0. The number of β-amino-alcohol motifs (C(OH)–C–C–N with tert-alkyl or cyclic N) is 1. The molecule has 0 aromatic heterocycles. The van der Waals surface area contributed by atoms with Gasteiger partial charge in [-0.1, -0.05) is 26.8 Å².